The van der Waals surface area contributed by atoms with Crippen LogP contribution in [0.1, 0.15) is 6.92 Å². The Balaban J connectivity index is 2.01. The molecule has 0 saturated carbocycles. The van der Waals surface area contributed by atoms with Gasteiger partial charge in [0.05, 0.1) is 30.2 Å². The fourth-order valence-corrected chi connectivity index (χ4v) is 3.51. The number of sulfonamides is 1. The molecule has 2 aromatic carbocycles. The molecule has 0 aliphatic carbocycles. The summed E-state index contributed by atoms with van der Waals surface area (Å²) in [6, 6.07) is 12.1. The van der Waals surface area contributed by atoms with Crippen LogP contribution in [0, 0.1) is 11.7 Å². The lowest BCUT2D eigenvalue weighted by molar-refractivity contribution is -0.118. The van der Waals surface area contributed by atoms with Crippen LogP contribution in [-0.2, 0) is 14.8 Å². The Morgan fingerprint density at radius 3 is 2.60 bits per heavy atom. The summed E-state index contributed by atoms with van der Waals surface area (Å²) in [5, 5.41) is 2.39. The van der Waals surface area contributed by atoms with Gasteiger partial charge in [-0.1, -0.05) is 25.1 Å². The molecule has 1 amide bonds. The molecule has 8 heteroatoms. The molecule has 0 fully saturated rings. The molecule has 0 radical (unpaired) electrons. The summed E-state index contributed by atoms with van der Waals surface area (Å²) in [6.07, 6.45) is 0. The number of halogens is 1. The summed E-state index contributed by atoms with van der Waals surface area (Å²) in [4.78, 5) is 12.1. The molecular weight excluding hydrogens is 347 g/mol. The highest BCUT2D eigenvalue weighted by atomic mass is 32.2. The van der Waals surface area contributed by atoms with Crippen molar-refractivity contribution >= 4 is 27.3 Å². The maximum atomic E-state index is 13.6. The van der Waals surface area contributed by atoms with Crippen molar-refractivity contribution in [3.8, 4) is 5.75 Å². The number of hydrogen-bond donors (Lipinski definition) is 2. The van der Waals surface area contributed by atoms with Crippen LogP contribution >= 0.6 is 0 Å². The highest BCUT2D eigenvalue weighted by molar-refractivity contribution is 7.92. The van der Waals surface area contributed by atoms with Crippen LogP contribution in [0.2, 0.25) is 0 Å². The number of carbonyl (C=O) groups excluding carboxylic acids is 1. The van der Waals surface area contributed by atoms with Crippen molar-refractivity contribution < 1.29 is 22.3 Å². The van der Waals surface area contributed by atoms with E-state index in [9.17, 15) is 17.6 Å². The highest BCUT2D eigenvalue weighted by Crippen LogP contribution is 2.19. The highest BCUT2D eigenvalue weighted by Gasteiger charge is 2.22. The molecule has 2 aromatic rings. The number of nitrogens with one attached hydrogen (secondary N) is 2. The van der Waals surface area contributed by atoms with Crippen molar-refractivity contribution in [2.75, 3.05) is 22.9 Å². The number of ether oxygens (including phenoxy) is 1. The molecule has 6 nitrogen and oxygen atoms in total. The third kappa shape index (κ3) is 5.46. The molecule has 0 bridgehead atoms. The van der Waals surface area contributed by atoms with Gasteiger partial charge >= 0.3 is 0 Å². The van der Waals surface area contributed by atoms with Gasteiger partial charge in [0.2, 0.25) is 15.9 Å². The Morgan fingerprint density at radius 2 is 1.92 bits per heavy atom. The van der Waals surface area contributed by atoms with Crippen LogP contribution in [0.5, 0.6) is 5.75 Å². The Labute approximate surface area is 146 Å². The van der Waals surface area contributed by atoms with E-state index < -0.39 is 33.4 Å². The van der Waals surface area contributed by atoms with Gasteiger partial charge in [0, 0.05) is 6.07 Å². The normalized spacial score (nSPS) is 12.3. The lowest BCUT2D eigenvalue weighted by Crippen LogP contribution is -2.30. The Kier molecular flexibility index (Phi) is 5.97. The van der Waals surface area contributed by atoms with E-state index >= 15 is 0 Å². The summed E-state index contributed by atoms with van der Waals surface area (Å²) in [6.45, 7) is 1.46. The van der Waals surface area contributed by atoms with Gasteiger partial charge in [-0.2, -0.15) is 0 Å². The van der Waals surface area contributed by atoms with Gasteiger partial charge in [0.15, 0.2) is 0 Å². The minimum absolute atomic E-state index is 0.0116. The number of rotatable bonds is 7. The van der Waals surface area contributed by atoms with E-state index in [0.29, 0.717) is 11.4 Å². The predicted octanol–water partition coefficient (Wildman–Crippen LogP) is 2.85. The first-order valence-electron chi connectivity index (χ1n) is 7.50. The number of para-hydroxylation sites is 1. The van der Waals surface area contributed by atoms with Gasteiger partial charge in [-0.3, -0.25) is 9.52 Å². The van der Waals surface area contributed by atoms with Gasteiger partial charge in [-0.05, 0) is 24.3 Å². The van der Waals surface area contributed by atoms with Gasteiger partial charge in [-0.15, -0.1) is 0 Å². The summed E-state index contributed by atoms with van der Waals surface area (Å²) >= 11 is 0. The Bertz CT molecular complexity index is 855. The van der Waals surface area contributed by atoms with E-state index in [2.05, 4.69) is 10.0 Å². The quantitative estimate of drug-likeness (QED) is 0.789. The van der Waals surface area contributed by atoms with Gasteiger partial charge < -0.3 is 10.1 Å². The fraction of sp³-hybridized carbons (Fsp3) is 0.235. The van der Waals surface area contributed by atoms with Crippen molar-refractivity contribution in [3.05, 3.63) is 54.3 Å². The average molecular weight is 366 g/mol. The first-order valence-corrected chi connectivity index (χ1v) is 9.16. The van der Waals surface area contributed by atoms with Crippen molar-refractivity contribution in [1.29, 1.82) is 0 Å². The molecule has 1 atom stereocenters. The third-order valence-corrected chi connectivity index (χ3v) is 4.88. The molecule has 0 aliphatic rings. The monoisotopic (exact) mass is 366 g/mol. The van der Waals surface area contributed by atoms with Crippen molar-refractivity contribution in [3.63, 3.8) is 0 Å². The van der Waals surface area contributed by atoms with Crippen LogP contribution in [0.25, 0.3) is 0 Å². The second-order valence-corrected chi connectivity index (χ2v) is 7.25. The van der Waals surface area contributed by atoms with Crippen molar-refractivity contribution in [1.82, 2.24) is 0 Å². The van der Waals surface area contributed by atoms with E-state index in [1.165, 1.54) is 38.3 Å². The molecular formula is C17H19FN2O4S. The minimum Gasteiger partial charge on any atom is -0.497 e. The third-order valence-electron chi connectivity index (χ3n) is 3.39. The maximum absolute atomic E-state index is 13.6. The molecule has 1 unspecified atom stereocenters. The average Bonchev–Trinajstić information content (AvgIpc) is 2.56. The first-order chi connectivity index (χ1) is 11.8. The molecule has 2 rings (SSSR count). The smallest absolute Gasteiger partial charge is 0.233 e. The summed E-state index contributed by atoms with van der Waals surface area (Å²) < 4.78 is 45.4. The van der Waals surface area contributed by atoms with Gasteiger partial charge in [-0.25, -0.2) is 12.8 Å². The number of amides is 1. The maximum Gasteiger partial charge on any atom is 0.233 e. The lowest BCUT2D eigenvalue weighted by atomic mass is 10.2. The van der Waals surface area contributed by atoms with Crippen LogP contribution < -0.4 is 14.8 Å². The van der Waals surface area contributed by atoms with Gasteiger partial charge in [0.1, 0.15) is 11.6 Å². The molecule has 0 saturated heterocycles. The number of benzene rings is 2. The number of methoxy groups -OCH3 is 1. The summed E-state index contributed by atoms with van der Waals surface area (Å²) in [7, 11) is -2.29. The zero-order valence-electron chi connectivity index (χ0n) is 13.8. The second-order valence-electron chi connectivity index (χ2n) is 5.49. The second kappa shape index (κ2) is 7.98. The number of hydrogen-bond acceptors (Lipinski definition) is 4. The summed E-state index contributed by atoms with van der Waals surface area (Å²) in [5.74, 6) is -1.97. The number of anilines is 2. The summed E-state index contributed by atoms with van der Waals surface area (Å²) in [5.41, 5.74) is 0.346. The molecule has 0 spiro atoms. The van der Waals surface area contributed by atoms with E-state index in [-0.39, 0.29) is 5.69 Å². The lowest BCUT2D eigenvalue weighted by Gasteiger charge is -2.14. The Hall–Kier alpha value is -2.61. The standard InChI is InChI=1S/C17H19FN2O4S/c1-12(17(21)19-16-9-4-3-8-15(16)18)11-25(22,23)20-13-6-5-7-14(10-13)24-2/h3-10,12,20H,11H2,1-2H3,(H,19,21). The zero-order valence-corrected chi connectivity index (χ0v) is 14.6. The molecule has 0 heterocycles. The fourth-order valence-electron chi connectivity index (χ4n) is 2.13. The van der Waals surface area contributed by atoms with Crippen LogP contribution in [0.4, 0.5) is 15.8 Å². The van der Waals surface area contributed by atoms with Crippen LogP contribution in [0.3, 0.4) is 0 Å². The van der Waals surface area contributed by atoms with E-state index in [0.717, 1.165) is 0 Å². The molecule has 134 valence electrons. The SMILES string of the molecule is COc1cccc(NS(=O)(=O)CC(C)C(=O)Nc2ccccc2F)c1. The molecule has 0 aromatic heterocycles. The van der Waals surface area contributed by atoms with Gasteiger partial charge in [0.25, 0.3) is 0 Å². The van der Waals surface area contributed by atoms with Crippen LogP contribution in [0.15, 0.2) is 48.5 Å². The first kappa shape index (κ1) is 18.7. The van der Waals surface area contributed by atoms with E-state index in [1.807, 2.05) is 0 Å². The zero-order chi connectivity index (χ0) is 18.4. The van der Waals surface area contributed by atoms with Crippen molar-refractivity contribution in [2.45, 2.75) is 6.92 Å². The molecule has 2 N–H and O–H groups in total. The molecule has 0 aliphatic heterocycles. The van der Waals surface area contributed by atoms with Crippen LogP contribution in [-0.4, -0.2) is 27.2 Å². The molecule has 25 heavy (non-hydrogen) atoms. The minimum atomic E-state index is -3.77. The van der Waals surface area contributed by atoms with Crippen molar-refractivity contribution in [2.24, 2.45) is 5.92 Å². The number of carbonyl (C=O) groups is 1. The largest absolute Gasteiger partial charge is 0.497 e. The predicted molar refractivity (Wildman–Crippen MR) is 94.6 cm³/mol. The van der Waals surface area contributed by atoms with E-state index in [1.54, 1.807) is 24.3 Å². The topological polar surface area (TPSA) is 84.5 Å². The van der Waals surface area contributed by atoms with E-state index in [4.69, 9.17) is 4.74 Å². The Morgan fingerprint density at radius 1 is 1.20 bits per heavy atom.